The zero-order valence-electron chi connectivity index (χ0n) is 19.8. The number of carbonyl (C=O) groups excluding carboxylic acids is 1. The summed E-state index contributed by atoms with van der Waals surface area (Å²) in [5.74, 6) is 1.50. The summed E-state index contributed by atoms with van der Waals surface area (Å²) in [6, 6.07) is 19.7. The number of nitrogens with zero attached hydrogens (tertiary/aromatic N) is 1. The van der Waals surface area contributed by atoms with Gasteiger partial charge in [0.15, 0.2) is 11.5 Å². The standard InChI is InChI=1S/C26H28Br2N2O3S2/c1-4-30(5-2)16-26(31)29-20-14-22(33-17-34-23-12-8-6-10-18(23)27)21(32-3)15-25(20)35-24-13-9-7-11-19(24)28/h6-15H,4-5,16-17H2,1-3H3,(H,29,31). The lowest BCUT2D eigenvalue weighted by atomic mass is 10.2. The molecule has 0 aliphatic carbocycles. The lowest BCUT2D eigenvalue weighted by Crippen LogP contribution is -2.33. The lowest BCUT2D eigenvalue weighted by Gasteiger charge is -2.20. The van der Waals surface area contributed by atoms with Gasteiger partial charge in [0.25, 0.3) is 0 Å². The second-order valence-electron chi connectivity index (χ2n) is 7.38. The van der Waals surface area contributed by atoms with E-state index in [1.54, 1.807) is 30.6 Å². The molecule has 0 fully saturated rings. The first-order chi connectivity index (χ1) is 16.9. The van der Waals surface area contributed by atoms with Crippen molar-refractivity contribution >= 4 is 67.0 Å². The Balaban J connectivity index is 1.87. The number of ether oxygens (including phenoxy) is 2. The number of benzene rings is 3. The molecule has 0 aromatic heterocycles. The van der Waals surface area contributed by atoms with Gasteiger partial charge in [0, 0.05) is 35.8 Å². The molecule has 35 heavy (non-hydrogen) atoms. The Kier molecular flexibility index (Phi) is 11.3. The van der Waals surface area contributed by atoms with Gasteiger partial charge in [0.05, 0.1) is 19.3 Å². The molecule has 0 spiro atoms. The summed E-state index contributed by atoms with van der Waals surface area (Å²) >= 11 is 10.3. The van der Waals surface area contributed by atoms with E-state index in [0.29, 0.717) is 29.7 Å². The topological polar surface area (TPSA) is 50.8 Å². The van der Waals surface area contributed by atoms with Crippen molar-refractivity contribution in [1.82, 2.24) is 4.90 Å². The lowest BCUT2D eigenvalue weighted by molar-refractivity contribution is -0.117. The summed E-state index contributed by atoms with van der Waals surface area (Å²) in [4.78, 5) is 17.9. The van der Waals surface area contributed by atoms with Crippen molar-refractivity contribution < 1.29 is 14.3 Å². The average Bonchev–Trinajstić information content (AvgIpc) is 2.86. The highest BCUT2D eigenvalue weighted by molar-refractivity contribution is 9.10. The summed E-state index contributed by atoms with van der Waals surface area (Å²) in [6.07, 6.45) is 0. The van der Waals surface area contributed by atoms with Gasteiger partial charge in [-0.1, -0.05) is 61.6 Å². The Morgan fingerprint density at radius 3 is 2.14 bits per heavy atom. The molecular formula is C26H28Br2N2O3S2. The third kappa shape index (κ3) is 8.18. The van der Waals surface area contributed by atoms with Gasteiger partial charge >= 0.3 is 0 Å². The van der Waals surface area contributed by atoms with Crippen molar-refractivity contribution in [2.45, 2.75) is 28.5 Å². The van der Waals surface area contributed by atoms with Gasteiger partial charge in [-0.15, -0.1) is 0 Å². The number of likely N-dealkylation sites (N-methyl/N-ethyl adjacent to an activating group) is 1. The fourth-order valence-corrected chi connectivity index (χ4v) is 5.98. The number of hydrogen-bond donors (Lipinski definition) is 1. The first-order valence-corrected chi connectivity index (χ1v) is 14.5. The minimum atomic E-state index is -0.0682. The van der Waals surface area contributed by atoms with Crippen LogP contribution in [0, 0.1) is 0 Å². The predicted molar refractivity (Wildman–Crippen MR) is 153 cm³/mol. The number of rotatable bonds is 12. The van der Waals surface area contributed by atoms with Crippen LogP contribution >= 0.6 is 55.4 Å². The summed E-state index contributed by atoms with van der Waals surface area (Å²) < 4.78 is 13.7. The van der Waals surface area contributed by atoms with Gasteiger partial charge in [-0.05, 0) is 69.2 Å². The molecule has 3 aromatic rings. The quantitative estimate of drug-likeness (QED) is 0.161. The Labute approximate surface area is 232 Å². The maximum Gasteiger partial charge on any atom is 0.238 e. The number of nitrogens with one attached hydrogen (secondary N) is 1. The van der Waals surface area contributed by atoms with Crippen LogP contribution in [0.25, 0.3) is 0 Å². The Morgan fingerprint density at radius 2 is 1.54 bits per heavy atom. The van der Waals surface area contributed by atoms with E-state index >= 15 is 0 Å². The van der Waals surface area contributed by atoms with Crippen LogP contribution in [0.2, 0.25) is 0 Å². The minimum Gasteiger partial charge on any atom is -0.493 e. The second kappa shape index (κ2) is 14.2. The van der Waals surface area contributed by atoms with Crippen LogP contribution in [-0.4, -0.2) is 43.5 Å². The minimum absolute atomic E-state index is 0.0682. The number of carbonyl (C=O) groups is 1. The summed E-state index contributed by atoms with van der Waals surface area (Å²) in [5.41, 5.74) is 0.685. The number of amides is 1. The van der Waals surface area contributed by atoms with Crippen LogP contribution in [0.15, 0.2) is 84.3 Å². The number of methoxy groups -OCH3 is 1. The maximum absolute atomic E-state index is 12.9. The van der Waals surface area contributed by atoms with E-state index < -0.39 is 0 Å². The largest absolute Gasteiger partial charge is 0.493 e. The fraction of sp³-hybridized carbons (Fsp3) is 0.269. The molecule has 0 atom stereocenters. The highest BCUT2D eigenvalue weighted by Crippen LogP contribution is 2.43. The van der Waals surface area contributed by atoms with Gasteiger partial charge in [0.2, 0.25) is 5.91 Å². The van der Waals surface area contributed by atoms with E-state index in [1.807, 2.05) is 74.5 Å². The molecule has 9 heteroatoms. The Morgan fingerprint density at radius 1 is 0.914 bits per heavy atom. The molecular weight excluding hydrogens is 612 g/mol. The van der Waals surface area contributed by atoms with E-state index in [-0.39, 0.29) is 5.91 Å². The maximum atomic E-state index is 12.9. The van der Waals surface area contributed by atoms with Gasteiger partial charge < -0.3 is 14.8 Å². The molecule has 186 valence electrons. The van der Waals surface area contributed by atoms with E-state index in [1.165, 1.54) is 0 Å². The monoisotopic (exact) mass is 638 g/mol. The summed E-state index contributed by atoms with van der Waals surface area (Å²) in [6.45, 7) is 6.05. The van der Waals surface area contributed by atoms with Crippen LogP contribution in [0.4, 0.5) is 5.69 Å². The van der Waals surface area contributed by atoms with Crippen LogP contribution < -0.4 is 14.8 Å². The number of anilines is 1. The number of thioether (sulfide) groups is 1. The molecule has 0 bridgehead atoms. The number of halogens is 2. The van der Waals surface area contributed by atoms with E-state index in [4.69, 9.17) is 9.47 Å². The van der Waals surface area contributed by atoms with Crippen LogP contribution in [0.1, 0.15) is 13.8 Å². The second-order valence-corrected chi connectivity index (χ2v) is 11.1. The molecule has 5 nitrogen and oxygen atoms in total. The highest BCUT2D eigenvalue weighted by atomic mass is 79.9. The fourth-order valence-electron chi connectivity index (χ4n) is 3.20. The van der Waals surface area contributed by atoms with Gasteiger partial charge in [-0.3, -0.25) is 9.69 Å². The molecule has 0 saturated heterocycles. The van der Waals surface area contributed by atoms with Crippen molar-refractivity contribution in [3.05, 3.63) is 69.6 Å². The molecule has 0 aliphatic rings. The molecule has 0 aliphatic heterocycles. The van der Waals surface area contributed by atoms with Gasteiger partial charge in [0.1, 0.15) is 5.94 Å². The van der Waals surface area contributed by atoms with Crippen LogP contribution in [0.5, 0.6) is 11.5 Å². The first kappa shape index (κ1) is 27.9. The van der Waals surface area contributed by atoms with E-state index in [9.17, 15) is 4.79 Å². The normalized spacial score (nSPS) is 10.9. The Bertz CT molecular complexity index is 1140. The van der Waals surface area contributed by atoms with Gasteiger partial charge in [-0.2, -0.15) is 0 Å². The molecule has 0 unspecified atom stereocenters. The average molecular weight is 640 g/mol. The van der Waals surface area contributed by atoms with Gasteiger partial charge in [-0.25, -0.2) is 0 Å². The third-order valence-electron chi connectivity index (χ3n) is 5.12. The molecule has 1 N–H and O–H groups in total. The summed E-state index contributed by atoms with van der Waals surface area (Å²) in [5, 5.41) is 3.09. The van der Waals surface area contributed by atoms with Crippen LogP contribution in [-0.2, 0) is 4.79 Å². The smallest absolute Gasteiger partial charge is 0.238 e. The zero-order valence-corrected chi connectivity index (χ0v) is 24.7. The molecule has 0 saturated carbocycles. The van der Waals surface area contributed by atoms with Crippen molar-refractivity contribution in [2.24, 2.45) is 0 Å². The first-order valence-electron chi connectivity index (χ1n) is 11.1. The molecule has 0 heterocycles. The van der Waals surface area contributed by atoms with Crippen LogP contribution in [0.3, 0.4) is 0 Å². The molecule has 1 amide bonds. The third-order valence-corrected chi connectivity index (χ3v) is 9.07. The highest BCUT2D eigenvalue weighted by Gasteiger charge is 2.17. The summed E-state index contributed by atoms with van der Waals surface area (Å²) in [7, 11) is 1.62. The van der Waals surface area contributed by atoms with Crippen molar-refractivity contribution in [2.75, 3.05) is 38.0 Å². The Hall–Kier alpha value is -1.65. The van der Waals surface area contributed by atoms with Crippen molar-refractivity contribution in [1.29, 1.82) is 0 Å². The number of hydrogen-bond acceptors (Lipinski definition) is 6. The molecule has 0 radical (unpaired) electrons. The predicted octanol–water partition coefficient (Wildman–Crippen LogP) is 7.78. The van der Waals surface area contributed by atoms with E-state index in [2.05, 4.69) is 42.1 Å². The van der Waals surface area contributed by atoms with Crippen molar-refractivity contribution in [3.63, 3.8) is 0 Å². The van der Waals surface area contributed by atoms with Crippen molar-refractivity contribution in [3.8, 4) is 11.5 Å². The zero-order chi connectivity index (χ0) is 25.2. The van der Waals surface area contributed by atoms with E-state index in [0.717, 1.165) is 36.7 Å². The molecule has 3 rings (SSSR count). The SMILES string of the molecule is CCN(CC)CC(=O)Nc1cc(OCSc2ccccc2Br)c(OC)cc1Sc1ccccc1Br. The molecule has 3 aromatic carbocycles.